The van der Waals surface area contributed by atoms with Crippen molar-refractivity contribution in [2.75, 3.05) is 36.5 Å². The Kier molecular flexibility index (Phi) is 5.04. The van der Waals surface area contributed by atoms with Gasteiger partial charge in [-0.15, -0.1) is 11.3 Å². The van der Waals surface area contributed by atoms with Crippen molar-refractivity contribution in [2.24, 2.45) is 0 Å². The minimum absolute atomic E-state index is 0.249. The van der Waals surface area contributed by atoms with Crippen molar-refractivity contribution in [3.63, 3.8) is 0 Å². The van der Waals surface area contributed by atoms with Crippen LogP contribution in [0.1, 0.15) is 22.5 Å². The van der Waals surface area contributed by atoms with Crippen LogP contribution in [0.25, 0.3) is 10.4 Å². The molecule has 1 fully saturated rings. The molecule has 5 nitrogen and oxygen atoms in total. The number of benzene rings is 2. The van der Waals surface area contributed by atoms with E-state index in [0.29, 0.717) is 23.8 Å². The van der Waals surface area contributed by atoms with Gasteiger partial charge in [-0.05, 0) is 60.9 Å². The van der Waals surface area contributed by atoms with Crippen LogP contribution in [0, 0.1) is 5.82 Å². The first-order valence-electron chi connectivity index (χ1n) is 10.0. The summed E-state index contributed by atoms with van der Waals surface area (Å²) in [5.41, 5.74) is 1.94. The van der Waals surface area contributed by atoms with Crippen LogP contribution in [0.5, 0.6) is 11.5 Å². The number of hydrogen-bond donors (Lipinski definition) is 1. The molecule has 2 aliphatic heterocycles. The zero-order valence-electron chi connectivity index (χ0n) is 16.3. The first kappa shape index (κ1) is 18.9. The van der Waals surface area contributed by atoms with E-state index in [4.69, 9.17) is 9.47 Å². The number of carbonyl (C=O) groups excluding carboxylic acids is 1. The summed E-state index contributed by atoms with van der Waals surface area (Å²) < 4.78 is 25.8. The lowest BCUT2D eigenvalue weighted by Gasteiger charge is -2.21. The van der Waals surface area contributed by atoms with Crippen LogP contribution in [0.3, 0.4) is 0 Å². The molecule has 1 amide bonds. The Morgan fingerprint density at radius 1 is 1.00 bits per heavy atom. The highest BCUT2D eigenvalue weighted by Gasteiger charge is 2.21. The summed E-state index contributed by atoms with van der Waals surface area (Å²) in [6.07, 6.45) is 2.15. The highest BCUT2D eigenvalue weighted by Crippen LogP contribution is 2.37. The van der Waals surface area contributed by atoms with Crippen molar-refractivity contribution in [2.45, 2.75) is 12.8 Å². The fourth-order valence-corrected chi connectivity index (χ4v) is 4.74. The van der Waals surface area contributed by atoms with E-state index in [1.54, 1.807) is 12.1 Å². The van der Waals surface area contributed by atoms with E-state index >= 15 is 0 Å². The molecule has 0 atom stereocenters. The SMILES string of the molecule is O=C(Nc1c(F)cccc1N1CCCC1)c1ccc(-c2ccc3c(c2)OCCO3)s1. The van der Waals surface area contributed by atoms with Crippen LogP contribution in [-0.4, -0.2) is 32.2 Å². The van der Waals surface area contributed by atoms with Gasteiger partial charge in [-0.2, -0.15) is 0 Å². The first-order valence-corrected chi connectivity index (χ1v) is 10.9. The average molecular weight is 424 g/mol. The summed E-state index contributed by atoms with van der Waals surface area (Å²) in [5.74, 6) is 0.707. The fourth-order valence-electron chi connectivity index (χ4n) is 3.84. The third-order valence-electron chi connectivity index (χ3n) is 5.33. The van der Waals surface area contributed by atoms with E-state index in [1.807, 2.05) is 30.3 Å². The zero-order valence-corrected chi connectivity index (χ0v) is 17.1. The van der Waals surface area contributed by atoms with Crippen LogP contribution in [0.4, 0.5) is 15.8 Å². The average Bonchev–Trinajstić information content (AvgIpc) is 3.47. The van der Waals surface area contributed by atoms with Gasteiger partial charge in [0, 0.05) is 18.0 Å². The fraction of sp³-hybridized carbons (Fsp3) is 0.261. The number of hydrogen-bond acceptors (Lipinski definition) is 5. The van der Waals surface area contributed by atoms with Gasteiger partial charge in [0.15, 0.2) is 11.5 Å². The second kappa shape index (κ2) is 7.99. The molecule has 3 heterocycles. The van der Waals surface area contributed by atoms with E-state index in [-0.39, 0.29) is 11.6 Å². The molecule has 1 aromatic heterocycles. The van der Waals surface area contributed by atoms with Crippen molar-refractivity contribution in [1.29, 1.82) is 0 Å². The van der Waals surface area contributed by atoms with Crippen molar-refractivity contribution < 1.29 is 18.7 Å². The Hall–Kier alpha value is -3.06. The molecule has 1 N–H and O–H groups in total. The number of nitrogens with zero attached hydrogens (tertiary/aromatic N) is 1. The number of nitrogens with one attached hydrogen (secondary N) is 1. The normalized spacial score (nSPS) is 15.3. The minimum Gasteiger partial charge on any atom is -0.486 e. The maximum atomic E-state index is 14.5. The third kappa shape index (κ3) is 3.61. The summed E-state index contributed by atoms with van der Waals surface area (Å²) in [6, 6.07) is 14.3. The molecule has 0 spiro atoms. The standard InChI is InChI=1S/C23H21FN2O3S/c24-16-4-3-5-17(26-10-1-2-11-26)22(16)25-23(27)21-9-8-20(30-21)15-6-7-18-19(14-15)29-13-12-28-18/h3-9,14H,1-2,10-13H2,(H,25,27). The Morgan fingerprint density at radius 3 is 2.63 bits per heavy atom. The number of halogens is 1. The number of anilines is 2. The highest BCUT2D eigenvalue weighted by molar-refractivity contribution is 7.17. The van der Waals surface area contributed by atoms with Gasteiger partial charge in [0.05, 0.1) is 10.6 Å². The number of rotatable bonds is 4. The number of thiophene rings is 1. The van der Waals surface area contributed by atoms with Gasteiger partial charge < -0.3 is 19.7 Å². The van der Waals surface area contributed by atoms with Crippen molar-refractivity contribution in [3.05, 3.63) is 59.2 Å². The maximum absolute atomic E-state index is 14.5. The van der Waals surface area contributed by atoms with Gasteiger partial charge >= 0.3 is 0 Å². The van der Waals surface area contributed by atoms with E-state index < -0.39 is 5.82 Å². The zero-order chi connectivity index (χ0) is 20.5. The van der Waals surface area contributed by atoms with Gasteiger partial charge in [0.2, 0.25) is 0 Å². The predicted molar refractivity (Wildman–Crippen MR) is 117 cm³/mol. The smallest absolute Gasteiger partial charge is 0.265 e. The number of carbonyl (C=O) groups is 1. The summed E-state index contributed by atoms with van der Waals surface area (Å²) >= 11 is 1.36. The molecule has 2 aromatic carbocycles. The lowest BCUT2D eigenvalue weighted by atomic mass is 10.1. The molecule has 1 saturated heterocycles. The lowest BCUT2D eigenvalue weighted by Crippen LogP contribution is -2.21. The third-order valence-corrected chi connectivity index (χ3v) is 6.47. The van der Waals surface area contributed by atoms with E-state index in [2.05, 4.69) is 10.2 Å². The van der Waals surface area contributed by atoms with E-state index in [1.165, 1.54) is 17.4 Å². The van der Waals surface area contributed by atoms with Crippen LogP contribution in [0.15, 0.2) is 48.5 Å². The lowest BCUT2D eigenvalue weighted by molar-refractivity contribution is 0.103. The molecular formula is C23H21FN2O3S. The van der Waals surface area contributed by atoms with Gasteiger partial charge in [-0.25, -0.2) is 4.39 Å². The van der Waals surface area contributed by atoms with Gasteiger partial charge in [-0.3, -0.25) is 4.79 Å². The minimum atomic E-state index is -0.420. The molecule has 0 unspecified atom stereocenters. The second-order valence-corrected chi connectivity index (χ2v) is 8.39. The van der Waals surface area contributed by atoms with Gasteiger partial charge in [-0.1, -0.05) is 6.07 Å². The molecule has 30 heavy (non-hydrogen) atoms. The molecule has 0 aliphatic carbocycles. The molecule has 0 saturated carbocycles. The van der Waals surface area contributed by atoms with Crippen LogP contribution in [0.2, 0.25) is 0 Å². The van der Waals surface area contributed by atoms with Gasteiger partial charge in [0.1, 0.15) is 24.7 Å². The van der Waals surface area contributed by atoms with Crippen molar-refractivity contribution in [3.8, 4) is 21.9 Å². The molecule has 7 heteroatoms. The molecule has 3 aromatic rings. The summed E-state index contributed by atoms with van der Waals surface area (Å²) in [6.45, 7) is 2.82. The topological polar surface area (TPSA) is 50.8 Å². The summed E-state index contributed by atoms with van der Waals surface area (Å²) in [4.78, 5) is 16.5. The van der Waals surface area contributed by atoms with Crippen LogP contribution in [-0.2, 0) is 0 Å². The summed E-state index contributed by atoms with van der Waals surface area (Å²) in [5, 5.41) is 2.80. The second-order valence-electron chi connectivity index (χ2n) is 7.30. The number of fused-ring (bicyclic) bond motifs is 1. The van der Waals surface area contributed by atoms with E-state index in [9.17, 15) is 9.18 Å². The van der Waals surface area contributed by atoms with Crippen molar-refractivity contribution in [1.82, 2.24) is 0 Å². The monoisotopic (exact) mass is 424 g/mol. The Morgan fingerprint density at radius 2 is 1.80 bits per heavy atom. The molecule has 0 bridgehead atoms. The number of amides is 1. The van der Waals surface area contributed by atoms with Gasteiger partial charge in [0.25, 0.3) is 5.91 Å². The van der Waals surface area contributed by atoms with Crippen molar-refractivity contribution >= 4 is 28.6 Å². The Bertz CT molecular complexity index is 1090. The highest BCUT2D eigenvalue weighted by atomic mass is 32.1. The molecular weight excluding hydrogens is 403 g/mol. The maximum Gasteiger partial charge on any atom is 0.265 e. The summed E-state index contributed by atoms with van der Waals surface area (Å²) in [7, 11) is 0. The largest absolute Gasteiger partial charge is 0.486 e. The molecule has 5 rings (SSSR count). The number of para-hydroxylation sites is 1. The van der Waals surface area contributed by atoms with E-state index in [0.717, 1.165) is 47.8 Å². The first-order chi connectivity index (χ1) is 14.7. The Balaban J connectivity index is 1.38. The molecule has 154 valence electrons. The van der Waals surface area contributed by atoms with Crippen LogP contribution >= 0.6 is 11.3 Å². The number of ether oxygens (including phenoxy) is 2. The molecule has 0 radical (unpaired) electrons. The Labute approximate surface area is 178 Å². The van der Waals surface area contributed by atoms with Crippen LogP contribution < -0.4 is 19.7 Å². The molecule has 2 aliphatic rings. The quantitative estimate of drug-likeness (QED) is 0.627. The predicted octanol–water partition coefficient (Wildman–Crippen LogP) is 5.18.